The summed E-state index contributed by atoms with van der Waals surface area (Å²) in [4.78, 5) is 17.6. The molecule has 3 aliphatic rings. The van der Waals surface area contributed by atoms with Gasteiger partial charge in [0.25, 0.3) is 5.91 Å². The van der Waals surface area contributed by atoms with Gasteiger partial charge >= 0.3 is 0 Å². The van der Waals surface area contributed by atoms with Crippen molar-refractivity contribution < 1.29 is 4.79 Å². The maximum atomic E-state index is 12.7. The predicted octanol–water partition coefficient (Wildman–Crippen LogP) is 4.01. The Kier molecular flexibility index (Phi) is 4.95. The van der Waals surface area contributed by atoms with Crippen LogP contribution in [0, 0.1) is 5.41 Å². The van der Waals surface area contributed by atoms with E-state index in [9.17, 15) is 4.79 Å². The fraction of sp³-hybridized carbons (Fsp3) is 0.750. The quantitative estimate of drug-likeness (QED) is 0.873. The van der Waals surface area contributed by atoms with Crippen molar-refractivity contribution in [2.24, 2.45) is 5.41 Å². The number of amides is 1. The Hall–Kier alpha value is -0.870. The molecule has 0 spiro atoms. The Morgan fingerprint density at radius 2 is 1.88 bits per heavy atom. The van der Waals surface area contributed by atoms with Crippen molar-refractivity contribution in [3.05, 3.63) is 21.4 Å². The van der Waals surface area contributed by atoms with Crippen LogP contribution in [0.25, 0.3) is 0 Å². The van der Waals surface area contributed by atoms with E-state index < -0.39 is 0 Å². The Labute approximate surface area is 149 Å². The van der Waals surface area contributed by atoms with Crippen LogP contribution in [0.2, 0.25) is 0 Å². The molecule has 24 heavy (non-hydrogen) atoms. The molecule has 1 saturated heterocycles. The SMILES string of the molecule is O=C(NCC1(CN2CCC2)CCC1)c1cc2c(s1)CCCCCC2. The first kappa shape index (κ1) is 16.6. The smallest absolute Gasteiger partial charge is 0.261 e. The minimum Gasteiger partial charge on any atom is -0.351 e. The second-order valence-corrected chi connectivity index (χ2v) is 9.28. The van der Waals surface area contributed by atoms with E-state index in [2.05, 4.69) is 16.3 Å². The van der Waals surface area contributed by atoms with E-state index in [0.717, 1.165) is 17.8 Å². The normalized spacial score (nSPS) is 23.3. The summed E-state index contributed by atoms with van der Waals surface area (Å²) in [5.74, 6) is 0.168. The zero-order chi connectivity index (χ0) is 16.4. The number of aryl methyl sites for hydroxylation is 2. The molecule has 0 unspecified atom stereocenters. The molecular formula is C20H30N2OS. The highest BCUT2D eigenvalue weighted by Gasteiger charge is 2.39. The van der Waals surface area contributed by atoms with E-state index in [1.807, 2.05) is 0 Å². The van der Waals surface area contributed by atoms with Crippen LogP contribution in [0.1, 0.15) is 71.5 Å². The highest BCUT2D eigenvalue weighted by molar-refractivity contribution is 7.14. The maximum Gasteiger partial charge on any atom is 0.261 e. The first-order valence-corrected chi connectivity index (χ1v) is 10.7. The van der Waals surface area contributed by atoms with Crippen LogP contribution in [0.5, 0.6) is 0 Å². The summed E-state index contributed by atoms with van der Waals surface area (Å²) < 4.78 is 0. The van der Waals surface area contributed by atoms with Gasteiger partial charge < -0.3 is 10.2 Å². The zero-order valence-corrected chi connectivity index (χ0v) is 15.6. The van der Waals surface area contributed by atoms with Gasteiger partial charge in [-0.3, -0.25) is 4.79 Å². The summed E-state index contributed by atoms with van der Waals surface area (Å²) in [5.41, 5.74) is 1.81. The number of carbonyl (C=O) groups excluding carboxylic acids is 1. The molecule has 1 aliphatic heterocycles. The molecule has 1 saturated carbocycles. The second kappa shape index (κ2) is 7.17. The van der Waals surface area contributed by atoms with E-state index in [4.69, 9.17) is 0 Å². The summed E-state index contributed by atoms with van der Waals surface area (Å²) in [7, 11) is 0. The van der Waals surface area contributed by atoms with Gasteiger partial charge in [0.1, 0.15) is 0 Å². The lowest BCUT2D eigenvalue weighted by Crippen LogP contribution is -2.52. The summed E-state index contributed by atoms with van der Waals surface area (Å²) in [6, 6.07) is 2.18. The number of rotatable bonds is 5. The number of hydrogen-bond acceptors (Lipinski definition) is 3. The fourth-order valence-electron chi connectivity index (χ4n) is 4.39. The molecule has 0 atom stereocenters. The number of carbonyl (C=O) groups is 1. The Morgan fingerprint density at radius 3 is 2.54 bits per heavy atom. The zero-order valence-electron chi connectivity index (χ0n) is 14.7. The monoisotopic (exact) mass is 346 g/mol. The van der Waals surface area contributed by atoms with Gasteiger partial charge in [-0.1, -0.05) is 19.3 Å². The molecule has 1 N–H and O–H groups in total. The number of hydrogen-bond donors (Lipinski definition) is 1. The summed E-state index contributed by atoms with van der Waals surface area (Å²) in [5, 5.41) is 3.28. The number of nitrogens with zero attached hydrogens (tertiary/aromatic N) is 1. The molecule has 2 aliphatic carbocycles. The van der Waals surface area contributed by atoms with Gasteiger partial charge in [-0.05, 0) is 69.7 Å². The van der Waals surface area contributed by atoms with Crippen molar-refractivity contribution in [3.8, 4) is 0 Å². The minimum atomic E-state index is 0.168. The van der Waals surface area contributed by atoms with Crippen LogP contribution in [0.3, 0.4) is 0 Å². The third-order valence-electron chi connectivity index (χ3n) is 6.27. The van der Waals surface area contributed by atoms with Crippen LogP contribution in [0.15, 0.2) is 6.07 Å². The fourth-order valence-corrected chi connectivity index (χ4v) is 5.56. The van der Waals surface area contributed by atoms with E-state index in [-0.39, 0.29) is 5.91 Å². The lowest BCUT2D eigenvalue weighted by atomic mass is 9.68. The molecule has 3 nitrogen and oxygen atoms in total. The van der Waals surface area contributed by atoms with Crippen molar-refractivity contribution in [2.45, 2.75) is 64.2 Å². The minimum absolute atomic E-state index is 0.168. The molecular weight excluding hydrogens is 316 g/mol. The average molecular weight is 347 g/mol. The topological polar surface area (TPSA) is 32.3 Å². The number of fused-ring (bicyclic) bond motifs is 1. The predicted molar refractivity (Wildman–Crippen MR) is 99.9 cm³/mol. The van der Waals surface area contributed by atoms with Crippen LogP contribution >= 0.6 is 11.3 Å². The molecule has 0 radical (unpaired) electrons. The Balaban J connectivity index is 1.36. The highest BCUT2D eigenvalue weighted by Crippen LogP contribution is 2.42. The Bertz CT molecular complexity index is 561. The molecule has 0 aromatic carbocycles. The van der Waals surface area contributed by atoms with Gasteiger partial charge in [-0.2, -0.15) is 0 Å². The van der Waals surface area contributed by atoms with Gasteiger partial charge in [0.15, 0.2) is 0 Å². The molecule has 132 valence electrons. The largest absolute Gasteiger partial charge is 0.351 e. The number of likely N-dealkylation sites (tertiary alicyclic amines) is 1. The highest BCUT2D eigenvalue weighted by atomic mass is 32.1. The van der Waals surface area contributed by atoms with Gasteiger partial charge in [-0.15, -0.1) is 11.3 Å². The maximum absolute atomic E-state index is 12.7. The van der Waals surface area contributed by atoms with Crippen LogP contribution in [-0.2, 0) is 12.8 Å². The second-order valence-electron chi connectivity index (χ2n) is 8.14. The van der Waals surface area contributed by atoms with Crippen molar-refractivity contribution >= 4 is 17.2 Å². The lowest BCUT2D eigenvalue weighted by Gasteiger charge is -2.47. The lowest BCUT2D eigenvalue weighted by molar-refractivity contribution is 0.0361. The van der Waals surface area contributed by atoms with E-state index in [0.29, 0.717) is 5.41 Å². The van der Waals surface area contributed by atoms with Crippen molar-refractivity contribution in [3.63, 3.8) is 0 Å². The summed E-state index contributed by atoms with van der Waals surface area (Å²) >= 11 is 1.75. The van der Waals surface area contributed by atoms with Crippen LogP contribution in [-0.4, -0.2) is 37.0 Å². The summed E-state index contributed by atoms with van der Waals surface area (Å²) in [6.45, 7) is 4.57. The molecule has 2 heterocycles. The number of thiophene rings is 1. The molecule has 1 aromatic heterocycles. The average Bonchev–Trinajstić information content (AvgIpc) is 2.86. The van der Waals surface area contributed by atoms with Gasteiger partial charge in [-0.25, -0.2) is 0 Å². The molecule has 0 bridgehead atoms. The molecule has 4 heteroatoms. The van der Waals surface area contributed by atoms with Gasteiger partial charge in [0.2, 0.25) is 0 Å². The van der Waals surface area contributed by atoms with Gasteiger partial charge in [0.05, 0.1) is 4.88 Å². The third kappa shape index (κ3) is 3.55. The van der Waals surface area contributed by atoms with Crippen LogP contribution in [0.4, 0.5) is 0 Å². The summed E-state index contributed by atoms with van der Waals surface area (Å²) in [6.07, 6.45) is 12.8. The number of nitrogens with one attached hydrogen (secondary N) is 1. The Morgan fingerprint density at radius 1 is 1.08 bits per heavy atom. The first-order valence-electron chi connectivity index (χ1n) is 9.86. The molecule has 1 aromatic rings. The van der Waals surface area contributed by atoms with Crippen molar-refractivity contribution in [2.75, 3.05) is 26.2 Å². The first-order chi connectivity index (χ1) is 11.7. The van der Waals surface area contributed by atoms with Crippen molar-refractivity contribution in [1.29, 1.82) is 0 Å². The van der Waals surface area contributed by atoms with E-state index >= 15 is 0 Å². The van der Waals surface area contributed by atoms with E-state index in [1.54, 1.807) is 11.3 Å². The van der Waals surface area contributed by atoms with Crippen LogP contribution < -0.4 is 5.32 Å². The third-order valence-corrected chi connectivity index (χ3v) is 7.50. The standard InChI is InChI=1S/C20H30N2OS/c23-19(18-13-16-7-3-1-2-4-8-17(16)24-18)21-14-20(9-5-10-20)15-22-11-6-12-22/h13H,1-12,14-15H2,(H,21,23). The molecule has 1 amide bonds. The molecule has 4 rings (SSSR count). The molecule has 2 fully saturated rings. The van der Waals surface area contributed by atoms with Crippen molar-refractivity contribution in [1.82, 2.24) is 10.2 Å². The van der Waals surface area contributed by atoms with Gasteiger partial charge in [0, 0.05) is 23.4 Å². The van der Waals surface area contributed by atoms with E-state index in [1.165, 1.54) is 87.9 Å².